The molecule has 0 aromatic heterocycles. The van der Waals surface area contributed by atoms with Crippen LogP contribution in [0.1, 0.15) is 22.3 Å². The molecule has 3 nitrogen and oxygen atoms in total. The third-order valence-corrected chi connectivity index (χ3v) is 4.63. The second-order valence-electron chi connectivity index (χ2n) is 6.83. The Labute approximate surface area is 163 Å². The molecule has 0 saturated carbocycles. The molecule has 1 aliphatic rings. The van der Waals surface area contributed by atoms with E-state index in [-0.39, 0.29) is 17.4 Å². The smallest absolute Gasteiger partial charge is 0.266 e. The Hall–Kier alpha value is -3.53. The Morgan fingerprint density at radius 2 is 1.64 bits per heavy atom. The highest BCUT2D eigenvalue weighted by molar-refractivity contribution is 6.33. The number of anilines is 1. The number of halogens is 1. The third-order valence-electron chi connectivity index (χ3n) is 4.63. The molecule has 0 saturated heterocycles. The highest BCUT2D eigenvalue weighted by Crippen LogP contribution is 2.29. The molecule has 0 radical (unpaired) electrons. The lowest BCUT2D eigenvalue weighted by atomic mass is 10.1. The van der Waals surface area contributed by atoms with E-state index in [9.17, 15) is 9.18 Å². The molecule has 1 amide bonds. The van der Waals surface area contributed by atoms with E-state index in [1.165, 1.54) is 12.1 Å². The SMILES string of the molecule is Cc1ccc(C2=N/C(=C/c3ccccc3F)C(=O)N2c2cccc(C)c2)cc1. The van der Waals surface area contributed by atoms with Crippen LogP contribution in [0, 0.1) is 19.7 Å². The zero-order chi connectivity index (χ0) is 19.7. The average Bonchev–Trinajstić information content (AvgIpc) is 3.00. The molecule has 3 aromatic carbocycles. The van der Waals surface area contributed by atoms with Crippen LogP contribution in [0.4, 0.5) is 10.1 Å². The minimum absolute atomic E-state index is 0.210. The largest absolute Gasteiger partial charge is 0.282 e. The van der Waals surface area contributed by atoms with Crippen molar-refractivity contribution in [1.82, 2.24) is 0 Å². The van der Waals surface area contributed by atoms with Gasteiger partial charge in [0.25, 0.3) is 5.91 Å². The van der Waals surface area contributed by atoms with E-state index in [0.717, 1.165) is 22.4 Å². The fraction of sp³-hybridized carbons (Fsp3) is 0.0833. The number of nitrogens with zero attached hydrogens (tertiary/aromatic N) is 2. The summed E-state index contributed by atoms with van der Waals surface area (Å²) < 4.78 is 14.1. The second-order valence-corrected chi connectivity index (χ2v) is 6.83. The highest BCUT2D eigenvalue weighted by Gasteiger charge is 2.32. The molecule has 0 spiro atoms. The van der Waals surface area contributed by atoms with Gasteiger partial charge in [-0.25, -0.2) is 9.38 Å². The highest BCUT2D eigenvalue weighted by atomic mass is 19.1. The van der Waals surface area contributed by atoms with Crippen molar-refractivity contribution in [2.75, 3.05) is 4.90 Å². The summed E-state index contributed by atoms with van der Waals surface area (Å²) in [5, 5.41) is 0. The molecule has 0 aliphatic carbocycles. The van der Waals surface area contributed by atoms with Crippen LogP contribution in [-0.2, 0) is 4.79 Å². The minimum atomic E-state index is -0.385. The number of carbonyl (C=O) groups is 1. The Balaban J connectivity index is 1.85. The summed E-state index contributed by atoms with van der Waals surface area (Å²) in [6.07, 6.45) is 1.50. The van der Waals surface area contributed by atoms with Gasteiger partial charge in [0, 0.05) is 11.1 Å². The van der Waals surface area contributed by atoms with Gasteiger partial charge in [0.2, 0.25) is 0 Å². The van der Waals surface area contributed by atoms with Crippen LogP contribution in [0.25, 0.3) is 6.08 Å². The Bertz CT molecular complexity index is 1110. The van der Waals surface area contributed by atoms with E-state index in [1.807, 2.05) is 62.4 Å². The van der Waals surface area contributed by atoms with Gasteiger partial charge in [0.15, 0.2) is 0 Å². The molecular formula is C24H19FN2O. The number of hydrogen-bond donors (Lipinski definition) is 0. The summed E-state index contributed by atoms with van der Waals surface area (Å²) in [5.41, 5.74) is 4.28. The zero-order valence-corrected chi connectivity index (χ0v) is 15.7. The molecule has 0 unspecified atom stereocenters. The number of amides is 1. The van der Waals surface area contributed by atoms with E-state index in [4.69, 9.17) is 0 Å². The van der Waals surface area contributed by atoms with Crippen LogP contribution in [0.2, 0.25) is 0 Å². The molecule has 3 aromatic rings. The molecule has 0 fully saturated rings. The number of aliphatic imine (C=N–C) groups is 1. The summed E-state index contributed by atoms with van der Waals surface area (Å²) >= 11 is 0. The maximum absolute atomic E-state index is 14.1. The van der Waals surface area contributed by atoms with Crippen LogP contribution < -0.4 is 4.90 Å². The molecule has 4 heteroatoms. The topological polar surface area (TPSA) is 32.7 Å². The van der Waals surface area contributed by atoms with Crippen LogP contribution in [-0.4, -0.2) is 11.7 Å². The van der Waals surface area contributed by atoms with Gasteiger partial charge in [-0.2, -0.15) is 0 Å². The van der Waals surface area contributed by atoms with Crippen LogP contribution in [0.15, 0.2) is 83.5 Å². The normalized spacial score (nSPS) is 15.2. The van der Waals surface area contributed by atoms with Gasteiger partial charge >= 0.3 is 0 Å². The summed E-state index contributed by atoms with van der Waals surface area (Å²) in [7, 11) is 0. The number of aryl methyl sites for hydroxylation is 2. The lowest BCUT2D eigenvalue weighted by molar-refractivity contribution is -0.113. The van der Waals surface area contributed by atoms with Crippen LogP contribution in [0.3, 0.4) is 0 Å². The Kier molecular flexibility index (Phi) is 4.62. The van der Waals surface area contributed by atoms with E-state index in [2.05, 4.69) is 4.99 Å². The van der Waals surface area contributed by atoms with Crippen molar-refractivity contribution in [1.29, 1.82) is 0 Å². The molecule has 1 aliphatic heterocycles. The molecule has 138 valence electrons. The van der Waals surface area contributed by atoms with Gasteiger partial charge in [-0.05, 0) is 43.7 Å². The van der Waals surface area contributed by atoms with Crippen LogP contribution in [0.5, 0.6) is 0 Å². The molecule has 0 bridgehead atoms. The Morgan fingerprint density at radius 3 is 2.36 bits per heavy atom. The van der Waals surface area contributed by atoms with Crippen LogP contribution >= 0.6 is 0 Å². The van der Waals surface area contributed by atoms with Crippen molar-refractivity contribution >= 4 is 23.5 Å². The number of carbonyl (C=O) groups excluding carboxylic acids is 1. The number of hydrogen-bond acceptors (Lipinski definition) is 2. The predicted octanol–water partition coefficient (Wildman–Crippen LogP) is 5.28. The molecular weight excluding hydrogens is 351 g/mol. The quantitative estimate of drug-likeness (QED) is 0.578. The first kappa shape index (κ1) is 17.9. The van der Waals surface area contributed by atoms with Gasteiger partial charge in [-0.15, -0.1) is 0 Å². The van der Waals surface area contributed by atoms with Crippen molar-refractivity contribution in [3.8, 4) is 0 Å². The summed E-state index contributed by atoms with van der Waals surface area (Å²) in [6, 6.07) is 21.9. The number of benzene rings is 3. The van der Waals surface area contributed by atoms with Crippen molar-refractivity contribution in [3.63, 3.8) is 0 Å². The lowest BCUT2D eigenvalue weighted by Gasteiger charge is -2.19. The van der Waals surface area contributed by atoms with Gasteiger partial charge < -0.3 is 0 Å². The minimum Gasteiger partial charge on any atom is -0.266 e. The Morgan fingerprint density at radius 1 is 0.893 bits per heavy atom. The molecule has 0 atom stereocenters. The fourth-order valence-corrected chi connectivity index (χ4v) is 3.16. The first-order chi connectivity index (χ1) is 13.5. The second kappa shape index (κ2) is 7.24. The van der Waals surface area contributed by atoms with Gasteiger partial charge in [0.1, 0.15) is 17.3 Å². The molecule has 0 N–H and O–H groups in total. The number of rotatable bonds is 3. The van der Waals surface area contributed by atoms with E-state index in [0.29, 0.717) is 11.4 Å². The van der Waals surface area contributed by atoms with E-state index < -0.39 is 0 Å². The van der Waals surface area contributed by atoms with Crippen molar-refractivity contribution in [2.45, 2.75) is 13.8 Å². The number of amidine groups is 1. The average molecular weight is 370 g/mol. The van der Waals surface area contributed by atoms with Gasteiger partial charge in [-0.1, -0.05) is 60.2 Å². The summed E-state index contributed by atoms with van der Waals surface area (Å²) in [5.74, 6) is -0.119. The lowest BCUT2D eigenvalue weighted by Crippen LogP contribution is -2.32. The zero-order valence-electron chi connectivity index (χ0n) is 15.7. The fourth-order valence-electron chi connectivity index (χ4n) is 3.16. The molecule has 1 heterocycles. The maximum Gasteiger partial charge on any atom is 0.282 e. The maximum atomic E-state index is 14.1. The summed E-state index contributed by atoms with van der Waals surface area (Å²) in [6.45, 7) is 3.98. The van der Waals surface area contributed by atoms with Crippen molar-refractivity contribution in [3.05, 3.63) is 107 Å². The van der Waals surface area contributed by atoms with Gasteiger partial charge in [0.05, 0.1) is 5.69 Å². The monoisotopic (exact) mass is 370 g/mol. The summed E-state index contributed by atoms with van der Waals surface area (Å²) in [4.78, 5) is 19.4. The third kappa shape index (κ3) is 3.37. The van der Waals surface area contributed by atoms with E-state index >= 15 is 0 Å². The van der Waals surface area contributed by atoms with Crippen molar-refractivity contribution < 1.29 is 9.18 Å². The molecule has 4 rings (SSSR count). The first-order valence-corrected chi connectivity index (χ1v) is 9.06. The first-order valence-electron chi connectivity index (χ1n) is 9.06. The van der Waals surface area contributed by atoms with Gasteiger partial charge in [-0.3, -0.25) is 9.69 Å². The van der Waals surface area contributed by atoms with E-state index in [1.54, 1.807) is 23.1 Å². The standard InChI is InChI=1S/C24H19FN2O/c1-16-10-12-18(13-11-16)23-26-22(15-19-7-3-4-9-21(19)25)24(28)27(23)20-8-5-6-17(2)14-20/h3-15H,1-2H3/b22-15+. The molecule has 28 heavy (non-hydrogen) atoms. The predicted molar refractivity (Wildman–Crippen MR) is 111 cm³/mol. The van der Waals surface area contributed by atoms with Crippen molar-refractivity contribution in [2.24, 2.45) is 4.99 Å².